The normalized spacial score (nSPS) is 15.2. The third kappa shape index (κ3) is 5.29. The third-order valence-corrected chi connectivity index (χ3v) is 6.69. The number of piperidine rings is 1. The molecule has 0 spiro atoms. The van der Waals surface area contributed by atoms with Crippen molar-refractivity contribution in [2.75, 3.05) is 30.3 Å². The number of fused-ring (bicyclic) bond motifs is 1. The fourth-order valence-corrected chi connectivity index (χ4v) is 4.96. The molecule has 6 nitrogen and oxygen atoms in total. The van der Waals surface area contributed by atoms with Crippen molar-refractivity contribution in [1.29, 1.82) is 0 Å². The molecule has 0 unspecified atom stereocenters. The minimum Gasteiger partial charge on any atom is -0.325 e. The van der Waals surface area contributed by atoms with Crippen LogP contribution in [0.4, 0.5) is 10.8 Å². The number of likely N-dealkylation sites (tertiary alicyclic amines) is 1. The van der Waals surface area contributed by atoms with E-state index in [9.17, 15) is 9.59 Å². The average molecular weight is 437 g/mol. The van der Waals surface area contributed by atoms with Crippen molar-refractivity contribution in [1.82, 2.24) is 9.88 Å². The van der Waals surface area contributed by atoms with Gasteiger partial charge in [0, 0.05) is 11.6 Å². The Morgan fingerprint density at radius 2 is 1.74 bits per heavy atom. The molecule has 1 aliphatic rings. The van der Waals surface area contributed by atoms with E-state index in [2.05, 4.69) is 32.7 Å². The topological polar surface area (TPSA) is 74.3 Å². The Labute approximate surface area is 186 Å². The molecule has 1 aromatic heterocycles. The van der Waals surface area contributed by atoms with Gasteiger partial charge in [0.2, 0.25) is 11.8 Å². The van der Waals surface area contributed by atoms with Gasteiger partial charge in [-0.05, 0) is 76.0 Å². The molecule has 162 valence electrons. The second-order valence-electron chi connectivity index (χ2n) is 8.40. The predicted molar refractivity (Wildman–Crippen MR) is 127 cm³/mol. The molecule has 2 amide bonds. The number of hydrogen-bond acceptors (Lipinski definition) is 5. The highest BCUT2D eigenvalue weighted by Gasteiger charge is 2.26. The number of anilines is 2. The van der Waals surface area contributed by atoms with Crippen LogP contribution in [0.5, 0.6) is 0 Å². The van der Waals surface area contributed by atoms with E-state index in [-0.39, 0.29) is 17.7 Å². The zero-order valence-corrected chi connectivity index (χ0v) is 19.0. The first-order chi connectivity index (χ1) is 14.9. The standard InChI is InChI=1S/C24H28N4O2S/c1-15-4-6-19(17(3)12-15)25-22(29)14-28-10-8-18(9-11-28)23(30)27-24-26-20-7-5-16(2)13-21(20)31-24/h4-7,12-13,18H,8-11,14H2,1-3H3,(H,25,29)(H,26,27,30). The van der Waals surface area contributed by atoms with Gasteiger partial charge >= 0.3 is 0 Å². The van der Waals surface area contributed by atoms with Crippen molar-refractivity contribution in [3.8, 4) is 0 Å². The number of hydrogen-bond donors (Lipinski definition) is 2. The van der Waals surface area contributed by atoms with Gasteiger partial charge in [-0.2, -0.15) is 0 Å². The Hall–Kier alpha value is -2.77. The van der Waals surface area contributed by atoms with Crippen molar-refractivity contribution < 1.29 is 9.59 Å². The Morgan fingerprint density at radius 3 is 2.48 bits per heavy atom. The summed E-state index contributed by atoms with van der Waals surface area (Å²) in [5, 5.41) is 6.65. The van der Waals surface area contributed by atoms with Crippen LogP contribution < -0.4 is 10.6 Å². The summed E-state index contributed by atoms with van der Waals surface area (Å²) in [4.78, 5) is 31.8. The van der Waals surface area contributed by atoms with E-state index in [1.54, 1.807) is 0 Å². The number of aryl methyl sites for hydroxylation is 3. The Balaban J connectivity index is 1.26. The number of benzene rings is 2. The van der Waals surface area contributed by atoms with Crippen LogP contribution in [-0.4, -0.2) is 41.3 Å². The number of nitrogens with zero attached hydrogens (tertiary/aromatic N) is 2. The van der Waals surface area contributed by atoms with Gasteiger partial charge in [0.1, 0.15) is 0 Å². The van der Waals surface area contributed by atoms with E-state index in [0.29, 0.717) is 11.7 Å². The van der Waals surface area contributed by atoms with Crippen molar-refractivity contribution in [3.63, 3.8) is 0 Å². The van der Waals surface area contributed by atoms with Crippen LogP contribution in [0, 0.1) is 26.7 Å². The van der Waals surface area contributed by atoms with E-state index in [4.69, 9.17) is 0 Å². The SMILES string of the molecule is Cc1ccc(NC(=O)CN2CCC(C(=O)Nc3nc4ccc(C)cc4s3)CC2)c(C)c1. The largest absolute Gasteiger partial charge is 0.325 e. The highest BCUT2D eigenvalue weighted by molar-refractivity contribution is 7.22. The van der Waals surface area contributed by atoms with Gasteiger partial charge < -0.3 is 10.6 Å². The maximum absolute atomic E-state index is 12.7. The van der Waals surface area contributed by atoms with Gasteiger partial charge in [-0.1, -0.05) is 35.1 Å². The summed E-state index contributed by atoms with van der Waals surface area (Å²) in [5.41, 5.74) is 5.19. The quantitative estimate of drug-likeness (QED) is 0.617. The van der Waals surface area contributed by atoms with Crippen molar-refractivity contribution in [2.24, 2.45) is 5.92 Å². The van der Waals surface area contributed by atoms with Crippen LogP contribution in [0.1, 0.15) is 29.5 Å². The second kappa shape index (κ2) is 9.16. The number of carbonyl (C=O) groups excluding carboxylic acids is 2. The molecule has 1 saturated heterocycles. The number of amides is 2. The zero-order valence-electron chi connectivity index (χ0n) is 18.2. The third-order valence-electron chi connectivity index (χ3n) is 5.76. The number of nitrogens with one attached hydrogen (secondary N) is 2. The molecule has 0 saturated carbocycles. The molecule has 0 radical (unpaired) electrons. The molecule has 31 heavy (non-hydrogen) atoms. The summed E-state index contributed by atoms with van der Waals surface area (Å²) < 4.78 is 1.08. The molecule has 0 atom stereocenters. The highest BCUT2D eigenvalue weighted by atomic mass is 32.1. The molecular formula is C24H28N4O2S. The van der Waals surface area contributed by atoms with E-state index < -0.39 is 0 Å². The van der Waals surface area contributed by atoms with Gasteiger partial charge in [0.25, 0.3) is 0 Å². The summed E-state index contributed by atoms with van der Waals surface area (Å²) in [5.74, 6) is -0.0396. The average Bonchev–Trinajstić information content (AvgIpc) is 3.12. The number of aromatic nitrogens is 1. The van der Waals surface area contributed by atoms with E-state index >= 15 is 0 Å². The van der Waals surface area contributed by atoms with E-state index in [0.717, 1.165) is 47.4 Å². The van der Waals surface area contributed by atoms with Crippen molar-refractivity contribution >= 4 is 44.2 Å². The molecule has 2 N–H and O–H groups in total. The molecule has 0 aliphatic carbocycles. The van der Waals surface area contributed by atoms with Gasteiger partial charge in [0.15, 0.2) is 5.13 Å². The molecule has 0 bridgehead atoms. The summed E-state index contributed by atoms with van der Waals surface area (Å²) in [7, 11) is 0. The Morgan fingerprint density at radius 1 is 1.03 bits per heavy atom. The van der Waals surface area contributed by atoms with E-state index in [1.807, 2.05) is 45.0 Å². The van der Waals surface area contributed by atoms with Crippen LogP contribution in [0.2, 0.25) is 0 Å². The minimum atomic E-state index is -0.0487. The lowest BCUT2D eigenvalue weighted by molar-refractivity contribution is -0.121. The van der Waals surface area contributed by atoms with E-state index in [1.165, 1.54) is 22.5 Å². The minimum absolute atomic E-state index is 0.0142. The monoisotopic (exact) mass is 436 g/mol. The molecule has 1 fully saturated rings. The predicted octanol–water partition coefficient (Wildman–Crippen LogP) is 4.51. The lowest BCUT2D eigenvalue weighted by Crippen LogP contribution is -2.41. The van der Waals surface area contributed by atoms with Crippen LogP contribution in [0.3, 0.4) is 0 Å². The van der Waals surface area contributed by atoms with Gasteiger partial charge in [-0.15, -0.1) is 0 Å². The fourth-order valence-electron chi connectivity index (χ4n) is 3.99. The zero-order chi connectivity index (χ0) is 22.0. The Bertz CT molecular complexity index is 1120. The fraction of sp³-hybridized carbons (Fsp3) is 0.375. The second-order valence-corrected chi connectivity index (χ2v) is 9.43. The number of thiazole rings is 1. The summed E-state index contributed by atoms with van der Waals surface area (Å²) in [6.07, 6.45) is 1.49. The summed E-state index contributed by atoms with van der Waals surface area (Å²) in [6, 6.07) is 12.1. The number of rotatable bonds is 5. The summed E-state index contributed by atoms with van der Waals surface area (Å²) in [6.45, 7) is 7.90. The van der Waals surface area contributed by atoms with Gasteiger partial charge in [-0.25, -0.2) is 4.98 Å². The summed E-state index contributed by atoms with van der Waals surface area (Å²) >= 11 is 1.51. The first kappa shape index (κ1) is 21.5. The first-order valence-electron chi connectivity index (χ1n) is 10.6. The lowest BCUT2D eigenvalue weighted by Gasteiger charge is -2.30. The molecule has 4 rings (SSSR count). The lowest BCUT2D eigenvalue weighted by atomic mass is 9.96. The van der Waals surface area contributed by atoms with Gasteiger partial charge in [0.05, 0.1) is 16.8 Å². The molecule has 3 aromatic rings. The maximum Gasteiger partial charge on any atom is 0.238 e. The smallest absolute Gasteiger partial charge is 0.238 e. The molecule has 2 heterocycles. The van der Waals surface area contributed by atoms with Crippen molar-refractivity contribution in [3.05, 3.63) is 53.1 Å². The molecule has 2 aromatic carbocycles. The van der Waals surface area contributed by atoms with Crippen LogP contribution in [0.25, 0.3) is 10.2 Å². The number of carbonyl (C=O) groups is 2. The first-order valence-corrected chi connectivity index (χ1v) is 11.5. The van der Waals surface area contributed by atoms with Crippen LogP contribution in [-0.2, 0) is 9.59 Å². The van der Waals surface area contributed by atoms with Crippen LogP contribution >= 0.6 is 11.3 Å². The Kier molecular flexibility index (Phi) is 6.34. The molecular weight excluding hydrogens is 408 g/mol. The van der Waals surface area contributed by atoms with Crippen LogP contribution in [0.15, 0.2) is 36.4 Å². The van der Waals surface area contributed by atoms with Crippen molar-refractivity contribution in [2.45, 2.75) is 33.6 Å². The van der Waals surface area contributed by atoms with Gasteiger partial charge in [-0.3, -0.25) is 14.5 Å². The maximum atomic E-state index is 12.7. The molecule has 7 heteroatoms. The highest BCUT2D eigenvalue weighted by Crippen LogP contribution is 2.28. The molecule has 1 aliphatic heterocycles.